The highest BCUT2D eigenvalue weighted by Gasteiger charge is 2.17. The third-order valence-electron chi connectivity index (χ3n) is 1.19. The summed E-state index contributed by atoms with van der Waals surface area (Å²) in [7, 11) is 1.00. The molecular formula is C7H16ClNO3. The van der Waals surface area contributed by atoms with Crippen molar-refractivity contribution in [1.29, 1.82) is 0 Å². The van der Waals surface area contributed by atoms with Gasteiger partial charge >= 0.3 is 5.97 Å². The van der Waals surface area contributed by atoms with Crippen LogP contribution in [-0.4, -0.2) is 30.3 Å². The van der Waals surface area contributed by atoms with Crippen LogP contribution in [0.1, 0.15) is 13.8 Å². The Morgan fingerprint density at radius 1 is 1.58 bits per heavy atom. The van der Waals surface area contributed by atoms with Gasteiger partial charge < -0.3 is 15.6 Å². The van der Waals surface area contributed by atoms with Crippen molar-refractivity contribution in [3.05, 3.63) is 0 Å². The summed E-state index contributed by atoms with van der Waals surface area (Å²) in [6, 6.07) is -0.682. The van der Waals surface area contributed by atoms with Crippen LogP contribution >= 0.6 is 11.6 Å². The molecule has 1 unspecified atom stereocenters. The van der Waals surface area contributed by atoms with Crippen LogP contribution in [0.25, 0.3) is 0 Å². The van der Waals surface area contributed by atoms with Crippen molar-refractivity contribution in [2.45, 2.75) is 19.9 Å². The average molecular weight is 198 g/mol. The van der Waals surface area contributed by atoms with Crippen molar-refractivity contribution >= 4 is 17.6 Å². The van der Waals surface area contributed by atoms with Crippen LogP contribution in [0, 0.1) is 5.92 Å². The van der Waals surface area contributed by atoms with Gasteiger partial charge in [-0.15, -0.1) is 0 Å². The molecule has 0 heterocycles. The molecule has 0 aromatic carbocycles. The molecule has 4 nitrogen and oxygen atoms in total. The van der Waals surface area contributed by atoms with Crippen molar-refractivity contribution in [2.24, 2.45) is 11.7 Å². The van der Waals surface area contributed by atoms with Gasteiger partial charge in [0.1, 0.15) is 6.04 Å². The predicted octanol–water partition coefficient (Wildman–Crippen LogP) is 0.318. The van der Waals surface area contributed by atoms with Crippen LogP contribution in [-0.2, 0) is 9.53 Å². The van der Waals surface area contributed by atoms with Crippen LogP contribution in [0.3, 0.4) is 0 Å². The zero-order chi connectivity index (χ0) is 10.1. The molecule has 0 spiro atoms. The number of carbonyl (C=O) groups is 1. The maximum atomic E-state index is 10.8. The topological polar surface area (TPSA) is 72.6 Å². The standard InChI is InChI=1S/C6H12ClNO2.CH4O/c1-4(2)5(8)6(9)10-3-7;1-2/h4-5H,3,8H2,1-2H3;2H,1H3. The summed E-state index contributed by atoms with van der Waals surface area (Å²) in [5.74, 6) is -0.347. The molecule has 0 radical (unpaired) electrons. The fourth-order valence-electron chi connectivity index (χ4n) is 0.422. The number of halogens is 1. The van der Waals surface area contributed by atoms with Crippen LogP contribution < -0.4 is 5.73 Å². The number of aliphatic hydroxyl groups excluding tert-OH is 1. The number of nitrogens with two attached hydrogens (primary N) is 1. The van der Waals surface area contributed by atoms with E-state index < -0.39 is 12.0 Å². The minimum Gasteiger partial charge on any atom is -0.448 e. The summed E-state index contributed by atoms with van der Waals surface area (Å²) in [6.07, 6.45) is 0. The summed E-state index contributed by atoms with van der Waals surface area (Å²) in [4.78, 5) is 10.8. The first-order chi connectivity index (χ1) is 5.59. The van der Waals surface area contributed by atoms with Gasteiger partial charge in [-0.3, -0.25) is 4.79 Å². The second-order valence-electron chi connectivity index (χ2n) is 2.34. The molecule has 0 aliphatic rings. The van der Waals surface area contributed by atoms with Gasteiger partial charge in [0.25, 0.3) is 0 Å². The highest BCUT2D eigenvalue weighted by molar-refractivity contribution is 6.17. The number of esters is 1. The molecule has 0 saturated carbocycles. The van der Waals surface area contributed by atoms with Gasteiger partial charge in [-0.05, 0) is 5.92 Å². The quantitative estimate of drug-likeness (QED) is 0.505. The molecule has 1 atom stereocenters. The molecule has 0 amide bonds. The summed E-state index contributed by atoms with van der Waals surface area (Å²) >= 11 is 5.15. The smallest absolute Gasteiger partial charge is 0.324 e. The second kappa shape index (κ2) is 8.77. The van der Waals surface area contributed by atoms with Crippen LogP contribution in [0.4, 0.5) is 0 Å². The lowest BCUT2D eigenvalue weighted by atomic mass is 10.1. The number of hydrogen-bond donors (Lipinski definition) is 2. The summed E-state index contributed by atoms with van der Waals surface area (Å²) in [6.45, 7) is 3.69. The number of alkyl halides is 1. The SMILES string of the molecule is CC(C)C(N)C(=O)OCCl.CO. The van der Waals surface area contributed by atoms with E-state index in [0.29, 0.717) is 0 Å². The third kappa shape index (κ3) is 6.39. The number of rotatable bonds is 3. The molecule has 0 bridgehead atoms. The highest BCUT2D eigenvalue weighted by Crippen LogP contribution is 2.00. The van der Waals surface area contributed by atoms with E-state index in [9.17, 15) is 4.79 Å². The first-order valence-electron chi connectivity index (χ1n) is 3.52. The van der Waals surface area contributed by atoms with E-state index in [-0.39, 0.29) is 12.0 Å². The van der Waals surface area contributed by atoms with Gasteiger partial charge in [-0.2, -0.15) is 0 Å². The predicted molar refractivity (Wildman–Crippen MR) is 47.8 cm³/mol. The lowest BCUT2D eigenvalue weighted by Crippen LogP contribution is -2.36. The molecular weight excluding hydrogens is 182 g/mol. The molecule has 74 valence electrons. The van der Waals surface area contributed by atoms with E-state index >= 15 is 0 Å². The molecule has 12 heavy (non-hydrogen) atoms. The number of aliphatic hydroxyl groups is 1. The first kappa shape index (κ1) is 14.2. The average Bonchev–Trinajstić information content (AvgIpc) is 2.07. The Morgan fingerprint density at radius 3 is 2.25 bits per heavy atom. The Balaban J connectivity index is 0. The van der Waals surface area contributed by atoms with Gasteiger partial charge in [0.05, 0.1) is 0 Å². The van der Waals surface area contributed by atoms with E-state index in [1.807, 2.05) is 13.8 Å². The molecule has 0 aromatic rings. The Bertz CT molecular complexity index is 119. The zero-order valence-electron chi connectivity index (χ0n) is 7.58. The molecule has 5 heteroatoms. The van der Waals surface area contributed by atoms with E-state index in [0.717, 1.165) is 7.11 Å². The molecule has 0 saturated heterocycles. The minimum absolute atomic E-state index is 0.0933. The van der Waals surface area contributed by atoms with E-state index in [2.05, 4.69) is 4.74 Å². The number of hydrogen-bond acceptors (Lipinski definition) is 4. The van der Waals surface area contributed by atoms with Crippen molar-refractivity contribution < 1.29 is 14.6 Å². The van der Waals surface area contributed by atoms with Crippen molar-refractivity contribution in [3.8, 4) is 0 Å². The van der Waals surface area contributed by atoms with Crippen molar-refractivity contribution in [1.82, 2.24) is 0 Å². The Hall–Kier alpha value is -0.320. The molecule has 0 rings (SSSR count). The van der Waals surface area contributed by atoms with Gasteiger partial charge in [0.2, 0.25) is 0 Å². The van der Waals surface area contributed by atoms with Crippen LogP contribution in [0.15, 0.2) is 0 Å². The van der Waals surface area contributed by atoms with E-state index in [4.69, 9.17) is 22.4 Å². The normalized spacial score (nSPS) is 11.6. The van der Waals surface area contributed by atoms with E-state index in [1.165, 1.54) is 0 Å². The molecule has 0 aromatic heterocycles. The Kier molecular flexibility index (Phi) is 10.4. The Labute approximate surface area is 77.6 Å². The summed E-state index contributed by atoms with van der Waals surface area (Å²) < 4.78 is 4.47. The maximum Gasteiger partial charge on any atom is 0.324 e. The first-order valence-corrected chi connectivity index (χ1v) is 4.06. The molecule has 0 fully saturated rings. The van der Waals surface area contributed by atoms with Crippen molar-refractivity contribution in [2.75, 3.05) is 13.2 Å². The number of ether oxygens (including phenoxy) is 1. The molecule has 0 aliphatic carbocycles. The van der Waals surface area contributed by atoms with Crippen molar-refractivity contribution in [3.63, 3.8) is 0 Å². The fourth-order valence-corrected chi connectivity index (χ4v) is 0.530. The molecule has 0 aliphatic heterocycles. The van der Waals surface area contributed by atoms with E-state index in [1.54, 1.807) is 0 Å². The fraction of sp³-hybridized carbons (Fsp3) is 0.857. The minimum atomic E-state index is -0.557. The maximum absolute atomic E-state index is 10.8. The lowest BCUT2D eigenvalue weighted by Gasteiger charge is -2.12. The summed E-state index contributed by atoms with van der Waals surface area (Å²) in [5.41, 5.74) is 5.41. The molecule has 3 N–H and O–H groups in total. The summed E-state index contributed by atoms with van der Waals surface area (Å²) in [5, 5.41) is 7.00. The van der Waals surface area contributed by atoms with Gasteiger partial charge in [0.15, 0.2) is 6.07 Å². The monoisotopic (exact) mass is 197 g/mol. The van der Waals surface area contributed by atoms with Crippen LogP contribution in [0.5, 0.6) is 0 Å². The van der Waals surface area contributed by atoms with Crippen LogP contribution in [0.2, 0.25) is 0 Å². The van der Waals surface area contributed by atoms with Gasteiger partial charge in [-0.25, -0.2) is 0 Å². The third-order valence-corrected chi connectivity index (χ3v) is 1.30. The second-order valence-corrected chi connectivity index (χ2v) is 2.56. The largest absolute Gasteiger partial charge is 0.448 e. The highest BCUT2D eigenvalue weighted by atomic mass is 35.5. The zero-order valence-corrected chi connectivity index (χ0v) is 8.34. The van der Waals surface area contributed by atoms with Gasteiger partial charge in [0, 0.05) is 7.11 Å². The van der Waals surface area contributed by atoms with Gasteiger partial charge in [-0.1, -0.05) is 25.4 Å². The lowest BCUT2D eigenvalue weighted by molar-refractivity contribution is -0.144. The Morgan fingerprint density at radius 2 is 2.00 bits per heavy atom. The number of carbonyl (C=O) groups excluding carboxylic acids is 1.